The first-order valence-corrected chi connectivity index (χ1v) is 11.3. The minimum absolute atomic E-state index is 0.366. The summed E-state index contributed by atoms with van der Waals surface area (Å²) < 4.78 is 0. The molecule has 4 rings (SSSR count). The normalized spacial score (nSPS) is 36.1. The molecule has 4 aliphatic heterocycles. The molecule has 4 aliphatic rings. The highest BCUT2D eigenvalue weighted by atomic mass is 15.2. The molecule has 4 fully saturated rings. The first kappa shape index (κ1) is 21.5. The Balaban J connectivity index is 0.000000156. The SMILES string of the molecule is CC(C)(C)N1CCC2(CCNC2)C1.CN1CCC2(CCN(C(C)(C)C)C2)C1. The number of likely N-dealkylation sites (tertiary alicyclic amines) is 3. The van der Waals surface area contributed by atoms with Crippen molar-refractivity contribution in [1.82, 2.24) is 20.0 Å². The van der Waals surface area contributed by atoms with E-state index in [2.05, 4.69) is 68.6 Å². The fraction of sp³-hybridized carbons (Fsp3) is 1.00. The quantitative estimate of drug-likeness (QED) is 0.698. The van der Waals surface area contributed by atoms with Crippen LogP contribution in [0.4, 0.5) is 0 Å². The summed E-state index contributed by atoms with van der Waals surface area (Å²) in [4.78, 5) is 7.79. The molecule has 0 radical (unpaired) electrons. The number of hydrogen-bond donors (Lipinski definition) is 1. The van der Waals surface area contributed by atoms with E-state index < -0.39 is 0 Å². The minimum Gasteiger partial charge on any atom is -0.316 e. The van der Waals surface area contributed by atoms with Crippen molar-refractivity contribution in [2.75, 3.05) is 59.4 Å². The van der Waals surface area contributed by atoms with E-state index in [1.54, 1.807) is 0 Å². The van der Waals surface area contributed by atoms with E-state index in [1.807, 2.05) is 0 Å². The van der Waals surface area contributed by atoms with Gasteiger partial charge in [0.05, 0.1) is 0 Å². The predicted octanol–water partition coefficient (Wildman–Crippen LogP) is 3.28. The van der Waals surface area contributed by atoms with Gasteiger partial charge in [0.25, 0.3) is 0 Å². The summed E-state index contributed by atoms with van der Waals surface area (Å²) in [5.74, 6) is 0. The first-order valence-electron chi connectivity index (χ1n) is 11.3. The van der Waals surface area contributed by atoms with Crippen LogP contribution in [0.3, 0.4) is 0 Å². The molecule has 0 aromatic carbocycles. The largest absolute Gasteiger partial charge is 0.316 e. The molecule has 2 spiro atoms. The van der Waals surface area contributed by atoms with Gasteiger partial charge in [-0.3, -0.25) is 9.80 Å². The van der Waals surface area contributed by atoms with Crippen molar-refractivity contribution >= 4 is 0 Å². The van der Waals surface area contributed by atoms with Crippen LogP contribution in [0.1, 0.15) is 67.2 Å². The maximum Gasteiger partial charge on any atom is 0.0125 e. The molecule has 4 heterocycles. The molecule has 158 valence electrons. The lowest BCUT2D eigenvalue weighted by Gasteiger charge is -2.33. The maximum atomic E-state index is 3.50. The molecular weight excluding hydrogens is 332 g/mol. The second-order valence-corrected chi connectivity index (χ2v) is 12.1. The molecule has 0 aromatic heterocycles. The third-order valence-electron chi connectivity index (χ3n) is 7.74. The number of nitrogens with zero attached hydrogens (tertiary/aromatic N) is 3. The van der Waals surface area contributed by atoms with Crippen molar-refractivity contribution in [3.05, 3.63) is 0 Å². The summed E-state index contributed by atoms with van der Waals surface area (Å²) in [5, 5.41) is 3.50. The zero-order valence-electron chi connectivity index (χ0n) is 19.3. The zero-order valence-corrected chi connectivity index (χ0v) is 19.3. The minimum atomic E-state index is 0.366. The van der Waals surface area contributed by atoms with Crippen LogP contribution >= 0.6 is 0 Å². The van der Waals surface area contributed by atoms with E-state index in [4.69, 9.17) is 0 Å². The molecule has 0 aliphatic carbocycles. The van der Waals surface area contributed by atoms with Crippen molar-refractivity contribution < 1.29 is 0 Å². The third kappa shape index (κ3) is 5.07. The molecule has 0 bridgehead atoms. The summed E-state index contributed by atoms with van der Waals surface area (Å²) in [7, 11) is 2.26. The number of rotatable bonds is 0. The summed E-state index contributed by atoms with van der Waals surface area (Å²) >= 11 is 0. The Kier molecular flexibility index (Phi) is 6.06. The monoisotopic (exact) mass is 378 g/mol. The van der Waals surface area contributed by atoms with Gasteiger partial charge in [-0.15, -0.1) is 0 Å². The number of nitrogens with one attached hydrogen (secondary N) is 1. The van der Waals surface area contributed by atoms with Crippen LogP contribution in [0, 0.1) is 10.8 Å². The van der Waals surface area contributed by atoms with Crippen molar-refractivity contribution in [2.24, 2.45) is 10.8 Å². The summed E-state index contributed by atoms with van der Waals surface area (Å²) in [6.45, 7) is 24.3. The van der Waals surface area contributed by atoms with Crippen molar-refractivity contribution in [2.45, 2.75) is 78.3 Å². The van der Waals surface area contributed by atoms with Crippen LogP contribution in [-0.4, -0.2) is 85.2 Å². The van der Waals surface area contributed by atoms with E-state index in [9.17, 15) is 0 Å². The van der Waals surface area contributed by atoms with Crippen LogP contribution < -0.4 is 5.32 Å². The van der Waals surface area contributed by atoms with Gasteiger partial charge in [-0.25, -0.2) is 0 Å². The van der Waals surface area contributed by atoms with Crippen LogP contribution in [0.25, 0.3) is 0 Å². The average molecular weight is 379 g/mol. The van der Waals surface area contributed by atoms with Gasteiger partial charge in [-0.05, 0) is 111 Å². The van der Waals surface area contributed by atoms with E-state index in [-0.39, 0.29) is 0 Å². The van der Waals surface area contributed by atoms with Crippen LogP contribution in [-0.2, 0) is 0 Å². The van der Waals surface area contributed by atoms with Crippen LogP contribution in [0.5, 0.6) is 0 Å². The molecule has 2 atom stereocenters. The van der Waals surface area contributed by atoms with Crippen LogP contribution in [0.2, 0.25) is 0 Å². The predicted molar refractivity (Wildman–Crippen MR) is 116 cm³/mol. The van der Waals surface area contributed by atoms with Crippen molar-refractivity contribution in [3.63, 3.8) is 0 Å². The second kappa shape index (κ2) is 7.59. The highest BCUT2D eigenvalue weighted by Gasteiger charge is 2.45. The van der Waals surface area contributed by atoms with Gasteiger partial charge in [-0.2, -0.15) is 0 Å². The fourth-order valence-corrected chi connectivity index (χ4v) is 5.65. The molecule has 4 nitrogen and oxygen atoms in total. The van der Waals surface area contributed by atoms with E-state index >= 15 is 0 Å². The standard InChI is InChI=1S/C12H24N2.C11H22N2/c1-11(2,3)14-8-6-12(10-14)5-7-13(4)9-12;1-10(2,3)13-7-5-11(9-13)4-6-12-8-11/h5-10H2,1-4H3;12H,4-9H2,1-3H3. The third-order valence-corrected chi connectivity index (χ3v) is 7.74. The molecular formula is C23H46N4. The fourth-order valence-electron chi connectivity index (χ4n) is 5.65. The van der Waals surface area contributed by atoms with Crippen molar-refractivity contribution in [3.8, 4) is 0 Å². The lowest BCUT2D eigenvalue weighted by atomic mass is 9.86. The van der Waals surface area contributed by atoms with Gasteiger partial charge in [0.2, 0.25) is 0 Å². The molecule has 4 heteroatoms. The summed E-state index contributed by atoms with van der Waals surface area (Å²) in [6.07, 6.45) is 5.61. The zero-order chi connectivity index (χ0) is 19.9. The van der Waals surface area contributed by atoms with Gasteiger partial charge in [0.1, 0.15) is 0 Å². The second-order valence-electron chi connectivity index (χ2n) is 12.1. The van der Waals surface area contributed by atoms with E-state index in [1.165, 1.54) is 78.0 Å². The Hall–Kier alpha value is -0.160. The Bertz CT molecular complexity index is 497. The Morgan fingerprint density at radius 3 is 1.59 bits per heavy atom. The highest BCUT2D eigenvalue weighted by Crippen LogP contribution is 2.41. The van der Waals surface area contributed by atoms with Gasteiger partial charge < -0.3 is 10.2 Å². The molecule has 1 N–H and O–H groups in total. The Labute approximate surface area is 169 Å². The maximum absolute atomic E-state index is 3.50. The van der Waals surface area contributed by atoms with E-state index in [0.29, 0.717) is 21.9 Å². The average Bonchev–Trinajstić information content (AvgIpc) is 3.31. The molecule has 27 heavy (non-hydrogen) atoms. The highest BCUT2D eigenvalue weighted by molar-refractivity contribution is 4.99. The topological polar surface area (TPSA) is 21.8 Å². The molecule has 2 unspecified atom stereocenters. The summed E-state index contributed by atoms with van der Waals surface area (Å²) in [6, 6.07) is 0. The van der Waals surface area contributed by atoms with Crippen molar-refractivity contribution in [1.29, 1.82) is 0 Å². The molecule has 0 aromatic rings. The van der Waals surface area contributed by atoms with E-state index in [0.717, 1.165) is 0 Å². The van der Waals surface area contributed by atoms with Gasteiger partial charge in [0.15, 0.2) is 0 Å². The Morgan fingerprint density at radius 1 is 0.667 bits per heavy atom. The van der Waals surface area contributed by atoms with Gasteiger partial charge in [0, 0.05) is 37.3 Å². The molecule has 4 saturated heterocycles. The van der Waals surface area contributed by atoms with Gasteiger partial charge in [-0.1, -0.05) is 0 Å². The molecule has 0 amide bonds. The lowest BCUT2D eigenvalue weighted by molar-refractivity contribution is 0.149. The van der Waals surface area contributed by atoms with Crippen LogP contribution in [0.15, 0.2) is 0 Å². The Morgan fingerprint density at radius 2 is 1.19 bits per heavy atom. The smallest absolute Gasteiger partial charge is 0.0125 e. The number of hydrogen-bond acceptors (Lipinski definition) is 4. The van der Waals surface area contributed by atoms with Gasteiger partial charge >= 0.3 is 0 Å². The first-order chi connectivity index (χ1) is 12.4. The molecule has 0 saturated carbocycles. The summed E-state index contributed by atoms with van der Waals surface area (Å²) in [5.41, 5.74) is 2.01. The lowest BCUT2D eigenvalue weighted by Crippen LogP contribution is -2.41.